The van der Waals surface area contributed by atoms with E-state index < -0.39 is 22.1 Å². The first kappa shape index (κ1) is 18.5. The van der Waals surface area contributed by atoms with E-state index in [2.05, 4.69) is 0 Å². The molecule has 7 heteroatoms. The molecule has 2 rings (SSSR count). The predicted molar refractivity (Wildman–Crippen MR) is 93.6 cm³/mol. The summed E-state index contributed by atoms with van der Waals surface area (Å²) in [6, 6.07) is 16.1. The zero-order valence-electron chi connectivity index (χ0n) is 13.9. The number of hydrogen-bond donors (Lipinski definition) is 0. The first-order valence-electron chi connectivity index (χ1n) is 7.68. The second kappa shape index (κ2) is 7.81. The highest BCUT2D eigenvalue weighted by atomic mass is 32.2. The highest BCUT2D eigenvalue weighted by Gasteiger charge is 2.24. The van der Waals surface area contributed by atoms with E-state index in [4.69, 9.17) is 10.00 Å². The van der Waals surface area contributed by atoms with Gasteiger partial charge in [-0.1, -0.05) is 24.3 Å². The Morgan fingerprint density at radius 1 is 1.20 bits per heavy atom. The molecule has 0 radical (unpaired) electrons. The van der Waals surface area contributed by atoms with Gasteiger partial charge in [0.25, 0.3) is 10.0 Å². The van der Waals surface area contributed by atoms with Crippen LogP contribution in [-0.2, 0) is 14.8 Å². The molecule has 2 aromatic carbocycles. The summed E-state index contributed by atoms with van der Waals surface area (Å²) >= 11 is 0. The van der Waals surface area contributed by atoms with Gasteiger partial charge in [-0.15, -0.1) is 0 Å². The number of rotatable bonds is 6. The lowest BCUT2D eigenvalue weighted by Crippen LogP contribution is -2.30. The van der Waals surface area contributed by atoms with E-state index in [9.17, 15) is 13.2 Å². The van der Waals surface area contributed by atoms with Gasteiger partial charge >= 0.3 is 5.97 Å². The number of carbonyl (C=O) groups excluding carboxylic acids is 1. The number of ether oxygens (including phenoxy) is 1. The van der Waals surface area contributed by atoms with Crippen LogP contribution in [0.4, 0.5) is 5.69 Å². The molecule has 0 spiro atoms. The van der Waals surface area contributed by atoms with Gasteiger partial charge in [-0.2, -0.15) is 5.26 Å². The molecule has 0 N–H and O–H groups in total. The van der Waals surface area contributed by atoms with E-state index in [0.717, 1.165) is 0 Å². The van der Waals surface area contributed by atoms with Crippen molar-refractivity contribution in [3.05, 3.63) is 60.2 Å². The average Bonchev–Trinajstić information content (AvgIpc) is 2.63. The van der Waals surface area contributed by atoms with Crippen molar-refractivity contribution in [2.24, 2.45) is 0 Å². The lowest BCUT2D eigenvalue weighted by Gasteiger charge is -2.23. The molecule has 25 heavy (non-hydrogen) atoms. The standard InChI is InChI=1S/C18H18N2O4S/c1-3-20(16-9-5-4-6-10-16)25(22,23)17-11-7-8-15(12-17)18(21)24-14(2)13-19/h4-12,14H,3H2,1-2H3/t14-/m0/s1. The number of sulfonamides is 1. The Bertz CT molecular complexity index is 889. The van der Waals surface area contributed by atoms with Crippen LogP contribution >= 0.6 is 0 Å². The summed E-state index contributed by atoms with van der Waals surface area (Å²) in [4.78, 5) is 12.0. The monoisotopic (exact) mass is 358 g/mol. The van der Waals surface area contributed by atoms with Gasteiger partial charge in [0.2, 0.25) is 0 Å². The Morgan fingerprint density at radius 3 is 2.48 bits per heavy atom. The molecule has 130 valence electrons. The van der Waals surface area contributed by atoms with Gasteiger partial charge in [0.05, 0.1) is 16.1 Å². The van der Waals surface area contributed by atoms with Crippen LogP contribution in [0.1, 0.15) is 24.2 Å². The number of carbonyl (C=O) groups is 1. The fourth-order valence-electron chi connectivity index (χ4n) is 2.25. The minimum atomic E-state index is -3.83. The van der Waals surface area contributed by atoms with Crippen LogP contribution < -0.4 is 4.31 Å². The van der Waals surface area contributed by atoms with Crippen molar-refractivity contribution in [3.63, 3.8) is 0 Å². The van der Waals surface area contributed by atoms with Crippen LogP contribution in [0.3, 0.4) is 0 Å². The molecule has 2 aromatic rings. The van der Waals surface area contributed by atoms with Crippen molar-refractivity contribution in [3.8, 4) is 6.07 Å². The molecule has 0 amide bonds. The maximum Gasteiger partial charge on any atom is 0.339 e. The largest absolute Gasteiger partial charge is 0.444 e. The summed E-state index contributed by atoms with van der Waals surface area (Å²) < 4.78 is 32.1. The van der Waals surface area contributed by atoms with E-state index in [0.29, 0.717) is 5.69 Å². The lowest BCUT2D eigenvalue weighted by atomic mass is 10.2. The van der Waals surface area contributed by atoms with Gasteiger partial charge in [-0.05, 0) is 44.2 Å². The summed E-state index contributed by atoms with van der Waals surface area (Å²) in [7, 11) is -3.83. The van der Waals surface area contributed by atoms with Crippen LogP contribution in [0, 0.1) is 11.3 Å². The number of nitriles is 1. The van der Waals surface area contributed by atoms with Crippen LogP contribution in [-0.4, -0.2) is 27.0 Å². The summed E-state index contributed by atoms with van der Waals surface area (Å²) in [6.45, 7) is 3.41. The Balaban J connectivity index is 2.38. The minimum absolute atomic E-state index is 0.0164. The van der Waals surface area contributed by atoms with Crippen LogP contribution in [0.5, 0.6) is 0 Å². The molecule has 6 nitrogen and oxygen atoms in total. The number of para-hydroxylation sites is 1. The highest BCUT2D eigenvalue weighted by Crippen LogP contribution is 2.24. The summed E-state index contributed by atoms with van der Waals surface area (Å²) in [5, 5.41) is 8.72. The van der Waals surface area contributed by atoms with E-state index in [-0.39, 0.29) is 17.0 Å². The quantitative estimate of drug-likeness (QED) is 0.741. The SMILES string of the molecule is CCN(c1ccccc1)S(=O)(=O)c1cccc(C(=O)O[C@@H](C)C#N)c1. The molecule has 0 fully saturated rings. The summed E-state index contributed by atoms with van der Waals surface area (Å²) in [6.07, 6.45) is -0.913. The number of anilines is 1. The Hall–Kier alpha value is -2.85. The van der Waals surface area contributed by atoms with Gasteiger partial charge in [-0.25, -0.2) is 13.2 Å². The molecular weight excluding hydrogens is 340 g/mol. The number of benzene rings is 2. The van der Waals surface area contributed by atoms with Gasteiger partial charge in [0.1, 0.15) is 6.07 Å². The molecule has 0 aliphatic carbocycles. The molecule has 0 aromatic heterocycles. The molecule has 0 saturated carbocycles. The maximum absolute atomic E-state index is 12.9. The van der Waals surface area contributed by atoms with Gasteiger partial charge in [-0.3, -0.25) is 4.31 Å². The van der Waals surface area contributed by atoms with Crippen LogP contribution in [0.2, 0.25) is 0 Å². The number of esters is 1. The van der Waals surface area contributed by atoms with Crippen molar-refractivity contribution in [2.45, 2.75) is 24.8 Å². The summed E-state index contributed by atoms with van der Waals surface area (Å²) in [5.74, 6) is -0.742. The van der Waals surface area contributed by atoms with E-state index in [1.807, 2.05) is 0 Å². The van der Waals surface area contributed by atoms with Crippen molar-refractivity contribution >= 4 is 21.7 Å². The Labute approximate surface area is 147 Å². The molecular formula is C18H18N2O4S. The fraction of sp³-hybridized carbons (Fsp3) is 0.222. The van der Waals surface area contributed by atoms with Crippen molar-refractivity contribution in [1.82, 2.24) is 0 Å². The average molecular weight is 358 g/mol. The first-order valence-corrected chi connectivity index (χ1v) is 9.12. The van der Waals surface area contributed by atoms with Crippen LogP contribution in [0.25, 0.3) is 0 Å². The normalized spacial score (nSPS) is 12.0. The highest BCUT2D eigenvalue weighted by molar-refractivity contribution is 7.92. The molecule has 0 heterocycles. The minimum Gasteiger partial charge on any atom is -0.444 e. The van der Waals surface area contributed by atoms with Crippen molar-refractivity contribution in [1.29, 1.82) is 5.26 Å². The van der Waals surface area contributed by atoms with Gasteiger partial charge in [0, 0.05) is 6.54 Å². The molecule has 0 saturated heterocycles. The van der Waals surface area contributed by atoms with Crippen LogP contribution in [0.15, 0.2) is 59.5 Å². The van der Waals surface area contributed by atoms with E-state index >= 15 is 0 Å². The lowest BCUT2D eigenvalue weighted by molar-refractivity contribution is 0.0435. The zero-order valence-corrected chi connectivity index (χ0v) is 14.7. The zero-order chi connectivity index (χ0) is 18.4. The number of hydrogen-bond acceptors (Lipinski definition) is 5. The van der Waals surface area contributed by atoms with E-state index in [1.54, 1.807) is 43.3 Å². The molecule has 0 aliphatic rings. The molecule has 0 aliphatic heterocycles. The first-order chi connectivity index (χ1) is 11.9. The maximum atomic E-state index is 12.9. The topological polar surface area (TPSA) is 87.5 Å². The smallest absolute Gasteiger partial charge is 0.339 e. The Kier molecular flexibility index (Phi) is 5.78. The Morgan fingerprint density at radius 2 is 1.88 bits per heavy atom. The second-order valence-corrected chi connectivity index (χ2v) is 7.07. The fourth-order valence-corrected chi connectivity index (χ4v) is 3.77. The molecule has 0 unspecified atom stereocenters. The predicted octanol–water partition coefficient (Wildman–Crippen LogP) is 2.97. The van der Waals surface area contributed by atoms with Crippen molar-refractivity contribution in [2.75, 3.05) is 10.8 Å². The molecule has 0 bridgehead atoms. The van der Waals surface area contributed by atoms with E-state index in [1.165, 1.54) is 35.5 Å². The third-order valence-corrected chi connectivity index (χ3v) is 5.35. The van der Waals surface area contributed by atoms with Gasteiger partial charge < -0.3 is 4.74 Å². The molecule has 1 atom stereocenters. The third-order valence-electron chi connectivity index (χ3n) is 3.45. The van der Waals surface area contributed by atoms with Crippen molar-refractivity contribution < 1.29 is 17.9 Å². The summed E-state index contributed by atoms with van der Waals surface area (Å²) in [5.41, 5.74) is 0.614. The number of nitrogens with zero attached hydrogens (tertiary/aromatic N) is 2. The third kappa shape index (κ3) is 4.17. The second-order valence-electron chi connectivity index (χ2n) is 5.21. The van der Waals surface area contributed by atoms with Gasteiger partial charge in [0.15, 0.2) is 6.10 Å².